The zero-order valence-electron chi connectivity index (χ0n) is 13.8. The van der Waals surface area contributed by atoms with Crippen molar-refractivity contribution in [2.75, 3.05) is 6.61 Å². The average molecular weight is 356 g/mol. The molecule has 0 bridgehead atoms. The maximum Gasteiger partial charge on any atom is 0.352 e. The first-order valence-corrected chi connectivity index (χ1v) is 8.38. The molecule has 1 atom stereocenters. The van der Waals surface area contributed by atoms with Gasteiger partial charge in [-0.15, -0.1) is 0 Å². The third-order valence-corrected chi connectivity index (χ3v) is 3.97. The standard InChI is InChI=1S/C20H18ClNO3/c1-2-24-20(23)18(15-9-4-3-5-10-15)25-19-16(21)11-8-12-17(19)22-13-6-7-14-22/h3-14,18H,2H2,1H3. The lowest BCUT2D eigenvalue weighted by atomic mass is 10.1. The first kappa shape index (κ1) is 17.1. The fraction of sp³-hybridized carbons (Fsp3) is 0.150. The molecule has 4 nitrogen and oxygen atoms in total. The SMILES string of the molecule is CCOC(=O)C(Oc1c(Cl)cccc1-n1cccc1)c1ccccc1. The summed E-state index contributed by atoms with van der Waals surface area (Å²) in [5.74, 6) is -0.0191. The summed E-state index contributed by atoms with van der Waals surface area (Å²) >= 11 is 6.37. The minimum absolute atomic E-state index is 0.276. The van der Waals surface area contributed by atoms with Crippen molar-refractivity contribution in [3.05, 3.63) is 83.6 Å². The van der Waals surface area contributed by atoms with Crippen molar-refractivity contribution < 1.29 is 14.3 Å². The number of ether oxygens (including phenoxy) is 2. The van der Waals surface area contributed by atoms with Crippen molar-refractivity contribution in [1.29, 1.82) is 0 Å². The molecule has 1 unspecified atom stereocenters. The first-order valence-electron chi connectivity index (χ1n) is 8.00. The number of esters is 1. The molecule has 0 aliphatic carbocycles. The predicted octanol–water partition coefficient (Wildman–Crippen LogP) is 4.81. The van der Waals surface area contributed by atoms with Crippen LogP contribution < -0.4 is 4.74 Å². The van der Waals surface area contributed by atoms with E-state index in [4.69, 9.17) is 21.1 Å². The lowest BCUT2D eigenvalue weighted by Gasteiger charge is -2.21. The van der Waals surface area contributed by atoms with Gasteiger partial charge in [0.2, 0.25) is 6.10 Å². The highest BCUT2D eigenvalue weighted by atomic mass is 35.5. The van der Waals surface area contributed by atoms with E-state index in [0.29, 0.717) is 16.3 Å². The maximum atomic E-state index is 12.5. The van der Waals surface area contributed by atoms with Gasteiger partial charge in [0.05, 0.1) is 17.3 Å². The molecule has 1 aromatic heterocycles. The van der Waals surface area contributed by atoms with Gasteiger partial charge in [-0.25, -0.2) is 4.79 Å². The van der Waals surface area contributed by atoms with E-state index in [0.717, 1.165) is 5.69 Å². The number of nitrogens with zero attached hydrogens (tertiary/aromatic N) is 1. The van der Waals surface area contributed by atoms with Gasteiger partial charge in [-0.2, -0.15) is 0 Å². The molecule has 0 amide bonds. The van der Waals surface area contributed by atoms with Gasteiger partial charge in [0.25, 0.3) is 0 Å². The minimum atomic E-state index is -0.893. The van der Waals surface area contributed by atoms with Crippen molar-refractivity contribution in [3.63, 3.8) is 0 Å². The van der Waals surface area contributed by atoms with Crippen LogP contribution in [0.2, 0.25) is 5.02 Å². The van der Waals surface area contributed by atoms with Crippen LogP contribution in [0.25, 0.3) is 5.69 Å². The molecule has 0 saturated heterocycles. The van der Waals surface area contributed by atoms with E-state index in [2.05, 4.69) is 0 Å². The molecular weight excluding hydrogens is 338 g/mol. The predicted molar refractivity (Wildman–Crippen MR) is 97.2 cm³/mol. The second-order valence-corrected chi connectivity index (χ2v) is 5.75. The Morgan fingerprint density at radius 1 is 1.04 bits per heavy atom. The molecule has 128 valence electrons. The Labute approximate surface area is 151 Å². The van der Waals surface area contributed by atoms with Gasteiger partial charge in [0.15, 0.2) is 5.75 Å². The van der Waals surface area contributed by atoms with Crippen molar-refractivity contribution in [1.82, 2.24) is 4.57 Å². The molecule has 0 N–H and O–H groups in total. The first-order chi connectivity index (χ1) is 12.2. The Morgan fingerprint density at radius 2 is 1.76 bits per heavy atom. The average Bonchev–Trinajstić information content (AvgIpc) is 3.16. The number of hydrogen-bond acceptors (Lipinski definition) is 3. The molecule has 0 radical (unpaired) electrons. The molecule has 0 saturated carbocycles. The normalized spacial score (nSPS) is 11.8. The van der Waals surface area contributed by atoms with E-state index in [-0.39, 0.29) is 6.61 Å². The number of carbonyl (C=O) groups is 1. The van der Waals surface area contributed by atoms with Gasteiger partial charge in [0.1, 0.15) is 0 Å². The Kier molecular flexibility index (Phi) is 5.41. The summed E-state index contributed by atoms with van der Waals surface area (Å²) < 4.78 is 13.1. The molecule has 0 aliphatic rings. The Balaban J connectivity index is 2.02. The highest BCUT2D eigenvalue weighted by molar-refractivity contribution is 6.32. The number of benzene rings is 2. The van der Waals surface area contributed by atoms with E-state index >= 15 is 0 Å². The number of halogens is 1. The van der Waals surface area contributed by atoms with Crippen LogP contribution in [0, 0.1) is 0 Å². The second kappa shape index (κ2) is 7.90. The second-order valence-electron chi connectivity index (χ2n) is 5.34. The van der Waals surface area contributed by atoms with Crippen LogP contribution in [0.5, 0.6) is 5.75 Å². The third kappa shape index (κ3) is 3.86. The summed E-state index contributed by atoms with van der Waals surface area (Å²) in [7, 11) is 0. The number of hydrogen-bond donors (Lipinski definition) is 0. The van der Waals surface area contributed by atoms with E-state index in [1.54, 1.807) is 13.0 Å². The van der Waals surface area contributed by atoms with Crippen LogP contribution in [-0.2, 0) is 9.53 Å². The summed E-state index contributed by atoms with van der Waals surface area (Å²) in [6, 6.07) is 18.5. The van der Waals surface area contributed by atoms with E-state index in [9.17, 15) is 4.79 Å². The zero-order valence-corrected chi connectivity index (χ0v) is 14.5. The van der Waals surface area contributed by atoms with Gasteiger partial charge in [-0.05, 0) is 31.2 Å². The van der Waals surface area contributed by atoms with Crippen LogP contribution in [-0.4, -0.2) is 17.1 Å². The molecule has 3 rings (SSSR count). The molecule has 0 aliphatic heterocycles. The van der Waals surface area contributed by atoms with Gasteiger partial charge in [-0.3, -0.25) is 0 Å². The fourth-order valence-electron chi connectivity index (χ4n) is 2.53. The Hall–Kier alpha value is -2.72. The van der Waals surface area contributed by atoms with Gasteiger partial charge in [0, 0.05) is 18.0 Å². The van der Waals surface area contributed by atoms with Gasteiger partial charge >= 0.3 is 5.97 Å². The van der Waals surface area contributed by atoms with Crippen LogP contribution in [0.4, 0.5) is 0 Å². The maximum absolute atomic E-state index is 12.5. The van der Waals surface area contributed by atoms with Crippen molar-refractivity contribution in [3.8, 4) is 11.4 Å². The zero-order chi connectivity index (χ0) is 17.6. The van der Waals surface area contributed by atoms with Gasteiger partial charge < -0.3 is 14.0 Å². The van der Waals surface area contributed by atoms with Crippen LogP contribution >= 0.6 is 11.6 Å². The monoisotopic (exact) mass is 355 g/mol. The van der Waals surface area contributed by atoms with Gasteiger partial charge in [-0.1, -0.05) is 48.0 Å². The lowest BCUT2D eigenvalue weighted by Crippen LogP contribution is -2.22. The molecule has 5 heteroatoms. The number of rotatable bonds is 6. The smallest absolute Gasteiger partial charge is 0.352 e. The van der Waals surface area contributed by atoms with Crippen molar-refractivity contribution >= 4 is 17.6 Å². The highest BCUT2D eigenvalue weighted by Gasteiger charge is 2.26. The summed E-state index contributed by atoms with van der Waals surface area (Å²) in [5, 5.41) is 0.427. The van der Waals surface area contributed by atoms with E-state index in [1.807, 2.05) is 71.6 Å². The summed E-state index contributed by atoms with van der Waals surface area (Å²) in [4.78, 5) is 12.5. The quantitative estimate of drug-likeness (QED) is 0.595. The Bertz CT molecular complexity index is 831. The molecule has 2 aromatic carbocycles. The highest BCUT2D eigenvalue weighted by Crippen LogP contribution is 2.35. The molecule has 25 heavy (non-hydrogen) atoms. The molecular formula is C20H18ClNO3. The fourth-order valence-corrected chi connectivity index (χ4v) is 2.74. The van der Waals surface area contributed by atoms with Crippen molar-refractivity contribution in [2.45, 2.75) is 13.0 Å². The molecule has 1 heterocycles. The van der Waals surface area contributed by atoms with E-state index in [1.165, 1.54) is 0 Å². The number of para-hydroxylation sites is 1. The number of carbonyl (C=O) groups excluding carboxylic acids is 1. The van der Waals surface area contributed by atoms with Crippen LogP contribution in [0.15, 0.2) is 73.1 Å². The Morgan fingerprint density at radius 3 is 2.44 bits per heavy atom. The lowest BCUT2D eigenvalue weighted by molar-refractivity contribution is -0.151. The summed E-state index contributed by atoms with van der Waals surface area (Å²) in [6.45, 7) is 2.04. The van der Waals surface area contributed by atoms with Crippen LogP contribution in [0.3, 0.4) is 0 Å². The molecule has 3 aromatic rings. The molecule has 0 spiro atoms. The van der Waals surface area contributed by atoms with Crippen LogP contribution in [0.1, 0.15) is 18.6 Å². The van der Waals surface area contributed by atoms with Crippen molar-refractivity contribution in [2.24, 2.45) is 0 Å². The summed E-state index contributed by atoms with van der Waals surface area (Å²) in [5.41, 5.74) is 1.46. The van der Waals surface area contributed by atoms with E-state index < -0.39 is 12.1 Å². The third-order valence-electron chi connectivity index (χ3n) is 3.67. The molecule has 0 fully saturated rings. The largest absolute Gasteiger partial charge is 0.470 e. The number of aromatic nitrogens is 1. The minimum Gasteiger partial charge on any atom is -0.470 e. The summed E-state index contributed by atoms with van der Waals surface area (Å²) in [6.07, 6.45) is 2.89. The topological polar surface area (TPSA) is 40.5 Å².